The van der Waals surface area contributed by atoms with Crippen molar-refractivity contribution in [3.63, 3.8) is 0 Å². The highest BCUT2D eigenvalue weighted by molar-refractivity contribution is 7.89. The van der Waals surface area contributed by atoms with Gasteiger partial charge in [-0.15, -0.1) is 0 Å². The molecule has 1 amide bonds. The molecule has 0 bridgehead atoms. The molecule has 0 saturated carbocycles. The van der Waals surface area contributed by atoms with E-state index in [1.165, 1.54) is 56.9 Å². The van der Waals surface area contributed by atoms with E-state index in [0.717, 1.165) is 0 Å². The molecule has 1 atom stereocenters. The molecular weight excluding hydrogens is 470 g/mol. The summed E-state index contributed by atoms with van der Waals surface area (Å²) >= 11 is 6.07. The van der Waals surface area contributed by atoms with Gasteiger partial charge in [-0.25, -0.2) is 13.1 Å². The average Bonchev–Trinajstić information content (AvgIpc) is 2.83. The smallest absolute Gasteiger partial charge is 0.241 e. The summed E-state index contributed by atoms with van der Waals surface area (Å²) in [5.41, 5.74) is 1.20. The first kappa shape index (κ1) is 24.5. The first-order valence-electron chi connectivity index (χ1n) is 9.64. The number of pyridine rings is 1. The molecule has 0 aliphatic rings. The van der Waals surface area contributed by atoms with Gasteiger partial charge in [-0.2, -0.15) is 0 Å². The second-order valence-corrected chi connectivity index (χ2v) is 9.01. The Bertz CT molecular complexity index is 1240. The number of halogens is 1. The van der Waals surface area contributed by atoms with E-state index in [4.69, 9.17) is 21.1 Å². The van der Waals surface area contributed by atoms with Crippen LogP contribution in [0.2, 0.25) is 5.02 Å². The molecule has 11 heteroatoms. The van der Waals surface area contributed by atoms with Crippen LogP contribution in [0.15, 0.2) is 65.8 Å². The van der Waals surface area contributed by atoms with Crippen LogP contribution in [0.5, 0.6) is 11.5 Å². The molecule has 1 aromatic heterocycles. The van der Waals surface area contributed by atoms with Crippen LogP contribution in [0.3, 0.4) is 0 Å². The van der Waals surface area contributed by atoms with E-state index in [1.54, 1.807) is 18.2 Å². The molecule has 2 aromatic carbocycles. The third-order valence-electron chi connectivity index (χ3n) is 4.69. The van der Waals surface area contributed by atoms with Gasteiger partial charge in [0.05, 0.1) is 25.7 Å². The lowest BCUT2D eigenvalue weighted by Crippen LogP contribution is -2.33. The molecule has 174 valence electrons. The van der Waals surface area contributed by atoms with Crippen molar-refractivity contribution in [3.8, 4) is 11.5 Å². The van der Waals surface area contributed by atoms with Gasteiger partial charge in [-0.3, -0.25) is 9.78 Å². The van der Waals surface area contributed by atoms with Gasteiger partial charge < -0.3 is 19.9 Å². The SMILES string of the molecule is COc1ccc(S(=O)(=O)NCC(=O)Nc2ccc(Cl)cc2C(O)c2ccncc2)cc1OC. The molecule has 3 aromatic rings. The zero-order valence-electron chi connectivity index (χ0n) is 17.8. The molecule has 0 radical (unpaired) electrons. The number of carbonyl (C=O) groups excluding carboxylic acids is 1. The Morgan fingerprint density at radius 3 is 2.42 bits per heavy atom. The molecule has 0 aliphatic heterocycles. The number of nitrogens with one attached hydrogen (secondary N) is 2. The van der Waals surface area contributed by atoms with E-state index in [9.17, 15) is 18.3 Å². The number of benzene rings is 2. The fourth-order valence-corrected chi connectivity index (χ4v) is 4.20. The van der Waals surface area contributed by atoms with Crippen molar-refractivity contribution in [2.45, 2.75) is 11.0 Å². The van der Waals surface area contributed by atoms with Crippen molar-refractivity contribution < 1.29 is 27.8 Å². The fourth-order valence-electron chi connectivity index (χ4n) is 3.02. The van der Waals surface area contributed by atoms with Gasteiger partial charge in [0, 0.05) is 34.7 Å². The van der Waals surface area contributed by atoms with Crippen LogP contribution in [0, 0.1) is 0 Å². The largest absolute Gasteiger partial charge is 0.493 e. The Morgan fingerprint density at radius 1 is 1.06 bits per heavy atom. The second kappa shape index (κ2) is 10.6. The summed E-state index contributed by atoms with van der Waals surface area (Å²) in [6.07, 6.45) is 1.99. The van der Waals surface area contributed by atoms with Crippen LogP contribution < -0.4 is 19.5 Å². The van der Waals surface area contributed by atoms with E-state index in [2.05, 4.69) is 15.0 Å². The number of amides is 1. The van der Waals surface area contributed by atoms with E-state index in [-0.39, 0.29) is 10.6 Å². The summed E-state index contributed by atoms with van der Waals surface area (Å²) in [6.45, 7) is -0.538. The zero-order valence-corrected chi connectivity index (χ0v) is 19.4. The van der Waals surface area contributed by atoms with Gasteiger partial charge in [-0.1, -0.05) is 11.6 Å². The number of aliphatic hydroxyl groups excluding tert-OH is 1. The summed E-state index contributed by atoms with van der Waals surface area (Å²) in [6, 6.07) is 12.0. The topological polar surface area (TPSA) is 127 Å². The van der Waals surface area contributed by atoms with Gasteiger partial charge in [0.2, 0.25) is 15.9 Å². The van der Waals surface area contributed by atoms with Crippen LogP contribution in [0.25, 0.3) is 0 Å². The molecule has 33 heavy (non-hydrogen) atoms. The highest BCUT2D eigenvalue weighted by Crippen LogP contribution is 2.31. The Morgan fingerprint density at radius 2 is 1.76 bits per heavy atom. The first-order chi connectivity index (χ1) is 15.7. The van der Waals surface area contributed by atoms with Gasteiger partial charge in [0.25, 0.3) is 0 Å². The number of methoxy groups -OCH3 is 2. The minimum absolute atomic E-state index is 0.0896. The van der Waals surface area contributed by atoms with E-state index < -0.39 is 28.6 Å². The van der Waals surface area contributed by atoms with E-state index >= 15 is 0 Å². The first-order valence-corrected chi connectivity index (χ1v) is 11.5. The minimum atomic E-state index is -4.01. The van der Waals surface area contributed by atoms with Crippen LogP contribution in [-0.4, -0.2) is 45.2 Å². The maximum absolute atomic E-state index is 12.6. The second-order valence-electron chi connectivity index (χ2n) is 6.80. The quantitative estimate of drug-likeness (QED) is 0.420. The summed E-state index contributed by atoms with van der Waals surface area (Å²) in [4.78, 5) is 16.3. The molecule has 9 nitrogen and oxygen atoms in total. The van der Waals surface area contributed by atoms with E-state index in [0.29, 0.717) is 27.6 Å². The number of aliphatic hydroxyl groups is 1. The summed E-state index contributed by atoms with van der Waals surface area (Å²) in [5, 5.41) is 13.7. The number of aromatic nitrogens is 1. The Labute approximate surface area is 196 Å². The monoisotopic (exact) mass is 491 g/mol. The van der Waals surface area contributed by atoms with Crippen molar-refractivity contribution in [2.24, 2.45) is 0 Å². The number of hydrogen-bond acceptors (Lipinski definition) is 7. The highest BCUT2D eigenvalue weighted by Gasteiger charge is 2.20. The molecule has 0 saturated heterocycles. The predicted molar refractivity (Wildman–Crippen MR) is 123 cm³/mol. The van der Waals surface area contributed by atoms with E-state index in [1.807, 2.05) is 0 Å². The molecule has 0 fully saturated rings. The summed E-state index contributed by atoms with van der Waals surface area (Å²) < 4.78 is 37.7. The van der Waals surface area contributed by atoms with Gasteiger partial charge in [-0.05, 0) is 48.0 Å². The van der Waals surface area contributed by atoms with Crippen molar-refractivity contribution in [1.29, 1.82) is 0 Å². The number of sulfonamides is 1. The van der Waals surface area contributed by atoms with Crippen molar-refractivity contribution in [1.82, 2.24) is 9.71 Å². The van der Waals surface area contributed by atoms with Gasteiger partial charge in [0.15, 0.2) is 11.5 Å². The average molecular weight is 492 g/mol. The van der Waals surface area contributed by atoms with Gasteiger partial charge >= 0.3 is 0 Å². The van der Waals surface area contributed by atoms with Crippen LogP contribution in [0.4, 0.5) is 5.69 Å². The molecule has 1 heterocycles. The van der Waals surface area contributed by atoms with Crippen LogP contribution in [0.1, 0.15) is 17.2 Å². The van der Waals surface area contributed by atoms with Crippen molar-refractivity contribution >= 4 is 33.2 Å². The van der Waals surface area contributed by atoms with Crippen molar-refractivity contribution in [3.05, 3.63) is 77.1 Å². The number of rotatable bonds is 9. The molecule has 0 aliphatic carbocycles. The Hall–Kier alpha value is -3.18. The fraction of sp³-hybridized carbons (Fsp3) is 0.182. The zero-order chi connectivity index (χ0) is 24.0. The lowest BCUT2D eigenvalue weighted by Gasteiger charge is -2.17. The molecule has 1 unspecified atom stereocenters. The van der Waals surface area contributed by atoms with Crippen LogP contribution >= 0.6 is 11.6 Å². The van der Waals surface area contributed by atoms with Crippen molar-refractivity contribution in [2.75, 3.05) is 26.1 Å². The molecule has 0 spiro atoms. The van der Waals surface area contributed by atoms with Crippen LogP contribution in [-0.2, 0) is 14.8 Å². The maximum Gasteiger partial charge on any atom is 0.241 e. The third-order valence-corrected chi connectivity index (χ3v) is 6.33. The number of anilines is 1. The molecular formula is C22H22ClN3O6S. The lowest BCUT2D eigenvalue weighted by atomic mass is 10.0. The third kappa shape index (κ3) is 5.99. The highest BCUT2D eigenvalue weighted by atomic mass is 35.5. The maximum atomic E-state index is 12.6. The summed E-state index contributed by atoms with van der Waals surface area (Å²) in [7, 11) is -1.18. The number of hydrogen-bond donors (Lipinski definition) is 3. The lowest BCUT2D eigenvalue weighted by molar-refractivity contribution is -0.115. The number of ether oxygens (including phenoxy) is 2. The Kier molecular flexibility index (Phi) is 7.88. The van der Waals surface area contributed by atoms with Gasteiger partial charge in [0.1, 0.15) is 6.10 Å². The minimum Gasteiger partial charge on any atom is -0.493 e. The normalized spacial score (nSPS) is 12.1. The number of nitrogens with zero attached hydrogens (tertiary/aromatic N) is 1. The standard InChI is InChI=1S/C22H22ClN3O6S/c1-31-19-6-4-16(12-20(19)32-2)33(29,30)25-13-21(27)26-18-5-3-15(23)11-17(18)22(28)14-7-9-24-10-8-14/h3-12,22,25,28H,13H2,1-2H3,(H,26,27). The Balaban J connectivity index is 1.74. The molecule has 3 rings (SSSR count). The predicted octanol–water partition coefficient (Wildman–Crippen LogP) is 2.75. The number of carbonyl (C=O) groups is 1. The summed E-state index contributed by atoms with van der Waals surface area (Å²) in [5.74, 6) is -0.0255. The molecule has 3 N–H and O–H groups in total.